The van der Waals surface area contributed by atoms with Gasteiger partial charge in [-0.05, 0) is 39.3 Å². The molecule has 2 nitrogen and oxygen atoms in total. The highest BCUT2D eigenvalue weighted by molar-refractivity contribution is 4.58. The lowest BCUT2D eigenvalue weighted by atomic mass is 10.1. The molecule has 0 fully saturated rings. The summed E-state index contributed by atoms with van der Waals surface area (Å²) in [5.74, 6) is 0.788. The molecule has 0 aromatic carbocycles. The maximum absolute atomic E-state index is 9.07. The van der Waals surface area contributed by atoms with Crippen molar-refractivity contribution in [2.75, 3.05) is 20.1 Å². The van der Waals surface area contributed by atoms with E-state index in [4.69, 9.17) is 5.11 Å². The Kier molecular flexibility index (Phi) is 7.29. The molecule has 1 N–H and O–H groups in total. The molecule has 0 heterocycles. The molecule has 0 aromatic heterocycles. The second kappa shape index (κ2) is 7.34. The van der Waals surface area contributed by atoms with Gasteiger partial charge in [0.05, 0.1) is 6.10 Å². The molecule has 0 aliphatic carbocycles. The minimum Gasteiger partial charge on any atom is -0.393 e. The van der Waals surface area contributed by atoms with Gasteiger partial charge in [-0.3, -0.25) is 0 Å². The van der Waals surface area contributed by atoms with Crippen LogP contribution in [-0.2, 0) is 0 Å². The highest BCUT2D eigenvalue weighted by Gasteiger charge is 2.04. The van der Waals surface area contributed by atoms with E-state index in [1.807, 2.05) is 6.92 Å². The number of rotatable bonds is 7. The topological polar surface area (TPSA) is 23.5 Å². The first kappa shape index (κ1) is 12.9. The summed E-state index contributed by atoms with van der Waals surface area (Å²) < 4.78 is 0. The van der Waals surface area contributed by atoms with Gasteiger partial charge in [0.25, 0.3) is 0 Å². The van der Waals surface area contributed by atoms with Crippen LogP contribution in [0.4, 0.5) is 0 Å². The molecule has 0 bridgehead atoms. The fourth-order valence-electron chi connectivity index (χ4n) is 1.41. The predicted molar refractivity (Wildman–Crippen MR) is 57.9 cm³/mol. The molecule has 2 unspecified atom stereocenters. The fraction of sp³-hybridized carbons (Fsp3) is 1.00. The van der Waals surface area contributed by atoms with Crippen molar-refractivity contribution in [1.82, 2.24) is 4.90 Å². The molecule has 0 amide bonds. The summed E-state index contributed by atoms with van der Waals surface area (Å²) in [6, 6.07) is 0. The molecule has 0 aliphatic heterocycles. The molecule has 0 saturated heterocycles. The minimum absolute atomic E-state index is 0.142. The van der Waals surface area contributed by atoms with Gasteiger partial charge in [0.1, 0.15) is 0 Å². The monoisotopic (exact) mass is 187 g/mol. The van der Waals surface area contributed by atoms with Crippen molar-refractivity contribution in [3.63, 3.8) is 0 Å². The molecule has 0 aliphatic rings. The first-order valence-electron chi connectivity index (χ1n) is 5.42. The molecule has 0 rings (SSSR count). The summed E-state index contributed by atoms with van der Waals surface area (Å²) >= 11 is 0. The lowest BCUT2D eigenvalue weighted by Crippen LogP contribution is -2.25. The SMILES string of the molecule is CCC(C)CN(C)CCCC(C)O. The van der Waals surface area contributed by atoms with Gasteiger partial charge in [-0.25, -0.2) is 0 Å². The van der Waals surface area contributed by atoms with E-state index in [1.165, 1.54) is 13.0 Å². The maximum atomic E-state index is 9.07. The molecule has 2 atom stereocenters. The van der Waals surface area contributed by atoms with Crippen molar-refractivity contribution < 1.29 is 5.11 Å². The molecule has 13 heavy (non-hydrogen) atoms. The summed E-state index contributed by atoms with van der Waals surface area (Å²) in [7, 11) is 2.16. The van der Waals surface area contributed by atoms with Crippen molar-refractivity contribution >= 4 is 0 Å². The third-order valence-electron chi connectivity index (χ3n) is 2.48. The lowest BCUT2D eigenvalue weighted by molar-refractivity contribution is 0.172. The van der Waals surface area contributed by atoms with Gasteiger partial charge in [-0.2, -0.15) is 0 Å². The first-order chi connectivity index (χ1) is 6.06. The van der Waals surface area contributed by atoms with Gasteiger partial charge in [0.15, 0.2) is 0 Å². The molecule has 0 spiro atoms. The number of aliphatic hydroxyl groups is 1. The molecule has 0 saturated carbocycles. The fourth-order valence-corrected chi connectivity index (χ4v) is 1.41. The Labute approximate surface area is 82.9 Å². The van der Waals surface area contributed by atoms with E-state index in [1.54, 1.807) is 0 Å². The average molecular weight is 187 g/mol. The second-order valence-electron chi connectivity index (χ2n) is 4.27. The van der Waals surface area contributed by atoms with Crippen molar-refractivity contribution in [3.8, 4) is 0 Å². The van der Waals surface area contributed by atoms with Crippen LogP contribution >= 0.6 is 0 Å². The third kappa shape index (κ3) is 8.26. The van der Waals surface area contributed by atoms with Crippen LogP contribution in [0.3, 0.4) is 0 Å². The van der Waals surface area contributed by atoms with Crippen LogP contribution in [0.2, 0.25) is 0 Å². The first-order valence-corrected chi connectivity index (χ1v) is 5.42. The Morgan fingerprint density at radius 2 is 1.92 bits per heavy atom. The predicted octanol–water partition coefficient (Wildman–Crippen LogP) is 2.13. The number of aliphatic hydroxyl groups excluding tert-OH is 1. The third-order valence-corrected chi connectivity index (χ3v) is 2.48. The van der Waals surface area contributed by atoms with Crippen LogP contribution in [0.15, 0.2) is 0 Å². The number of hydrogen-bond acceptors (Lipinski definition) is 2. The summed E-state index contributed by atoms with van der Waals surface area (Å²) in [5, 5.41) is 9.07. The van der Waals surface area contributed by atoms with E-state index in [-0.39, 0.29) is 6.10 Å². The summed E-state index contributed by atoms with van der Waals surface area (Å²) in [4.78, 5) is 2.36. The van der Waals surface area contributed by atoms with Crippen LogP contribution in [0.5, 0.6) is 0 Å². The Bertz CT molecular complexity index is 115. The zero-order valence-electron chi connectivity index (χ0n) is 9.58. The van der Waals surface area contributed by atoms with Crippen LogP contribution < -0.4 is 0 Å². The van der Waals surface area contributed by atoms with E-state index < -0.39 is 0 Å². The van der Waals surface area contributed by atoms with Crippen molar-refractivity contribution in [1.29, 1.82) is 0 Å². The smallest absolute Gasteiger partial charge is 0.0512 e. The van der Waals surface area contributed by atoms with E-state index in [0.717, 1.165) is 25.3 Å². The normalized spacial score (nSPS) is 16.2. The van der Waals surface area contributed by atoms with Crippen molar-refractivity contribution in [2.45, 2.75) is 46.1 Å². The standard InChI is InChI=1S/C11H25NO/c1-5-10(2)9-12(4)8-6-7-11(3)13/h10-11,13H,5-9H2,1-4H3. The van der Waals surface area contributed by atoms with Crippen LogP contribution in [0, 0.1) is 5.92 Å². The van der Waals surface area contributed by atoms with Crippen molar-refractivity contribution in [2.24, 2.45) is 5.92 Å². The summed E-state index contributed by atoms with van der Waals surface area (Å²) in [6.07, 6.45) is 3.13. The van der Waals surface area contributed by atoms with E-state index in [9.17, 15) is 0 Å². The largest absolute Gasteiger partial charge is 0.393 e. The highest BCUT2D eigenvalue weighted by atomic mass is 16.3. The molecule has 0 radical (unpaired) electrons. The Hall–Kier alpha value is -0.0800. The highest BCUT2D eigenvalue weighted by Crippen LogP contribution is 2.04. The summed E-state index contributed by atoms with van der Waals surface area (Å²) in [6.45, 7) is 8.65. The van der Waals surface area contributed by atoms with Gasteiger partial charge in [0.2, 0.25) is 0 Å². The lowest BCUT2D eigenvalue weighted by Gasteiger charge is -2.20. The summed E-state index contributed by atoms with van der Waals surface area (Å²) in [5.41, 5.74) is 0. The molecule has 2 heteroatoms. The molecule has 0 aromatic rings. The second-order valence-corrected chi connectivity index (χ2v) is 4.27. The van der Waals surface area contributed by atoms with Crippen LogP contribution in [0.1, 0.15) is 40.0 Å². The van der Waals surface area contributed by atoms with Gasteiger partial charge < -0.3 is 10.0 Å². The molecular weight excluding hydrogens is 162 g/mol. The minimum atomic E-state index is -0.142. The zero-order valence-corrected chi connectivity index (χ0v) is 9.58. The molecule has 80 valence electrons. The van der Waals surface area contributed by atoms with E-state index in [2.05, 4.69) is 25.8 Å². The molecular formula is C11H25NO. The van der Waals surface area contributed by atoms with Gasteiger partial charge in [0, 0.05) is 6.54 Å². The van der Waals surface area contributed by atoms with Crippen LogP contribution in [-0.4, -0.2) is 36.2 Å². The van der Waals surface area contributed by atoms with E-state index >= 15 is 0 Å². The Morgan fingerprint density at radius 3 is 2.38 bits per heavy atom. The quantitative estimate of drug-likeness (QED) is 0.660. The Morgan fingerprint density at radius 1 is 1.31 bits per heavy atom. The zero-order chi connectivity index (χ0) is 10.3. The number of nitrogens with zero attached hydrogens (tertiary/aromatic N) is 1. The van der Waals surface area contributed by atoms with Crippen molar-refractivity contribution in [3.05, 3.63) is 0 Å². The maximum Gasteiger partial charge on any atom is 0.0512 e. The van der Waals surface area contributed by atoms with E-state index in [0.29, 0.717) is 0 Å². The Balaban J connectivity index is 3.34. The van der Waals surface area contributed by atoms with Gasteiger partial charge >= 0.3 is 0 Å². The van der Waals surface area contributed by atoms with Gasteiger partial charge in [-0.15, -0.1) is 0 Å². The average Bonchev–Trinajstić information content (AvgIpc) is 2.03. The van der Waals surface area contributed by atoms with Gasteiger partial charge in [-0.1, -0.05) is 20.3 Å². The number of hydrogen-bond donors (Lipinski definition) is 1. The van der Waals surface area contributed by atoms with Crippen LogP contribution in [0.25, 0.3) is 0 Å².